The van der Waals surface area contributed by atoms with E-state index < -0.39 is 0 Å². The van der Waals surface area contributed by atoms with Crippen molar-refractivity contribution in [3.63, 3.8) is 0 Å². The van der Waals surface area contributed by atoms with Gasteiger partial charge in [-0.15, -0.1) is 0 Å². The summed E-state index contributed by atoms with van der Waals surface area (Å²) >= 11 is 2.14. The van der Waals surface area contributed by atoms with Crippen molar-refractivity contribution in [3.05, 3.63) is 0 Å². The van der Waals surface area contributed by atoms with Crippen LogP contribution in [0.5, 0.6) is 0 Å². The Morgan fingerprint density at radius 1 is 1.36 bits per heavy atom. The molecule has 3 unspecified atom stereocenters. The number of hydrogen-bond acceptors (Lipinski definition) is 2. The Morgan fingerprint density at radius 3 is 2.79 bits per heavy atom. The third kappa shape index (κ3) is 2.90. The molecular weight excluding hydrogens is 190 g/mol. The van der Waals surface area contributed by atoms with E-state index in [0.717, 1.165) is 23.1 Å². The monoisotopic (exact) mass is 213 g/mol. The predicted molar refractivity (Wildman–Crippen MR) is 64.8 cm³/mol. The second kappa shape index (κ2) is 4.89. The van der Waals surface area contributed by atoms with E-state index in [0.29, 0.717) is 0 Å². The maximum absolute atomic E-state index is 3.77. The summed E-state index contributed by atoms with van der Waals surface area (Å²) in [4.78, 5) is 0. The normalized spacial score (nSPS) is 35.6. The van der Waals surface area contributed by atoms with Crippen molar-refractivity contribution < 1.29 is 0 Å². The standard InChI is InChI=1S/C12H23NS/c1-9(11-5-6-11)8-13-12-4-3-7-14-10(12)2/h9-13H,3-8H2,1-2H3. The van der Waals surface area contributed by atoms with Crippen molar-refractivity contribution >= 4 is 11.8 Å². The number of thioether (sulfide) groups is 1. The van der Waals surface area contributed by atoms with Crippen LogP contribution in [0.15, 0.2) is 0 Å². The lowest BCUT2D eigenvalue weighted by molar-refractivity contribution is 0.393. The van der Waals surface area contributed by atoms with Crippen LogP contribution in [0.1, 0.15) is 39.5 Å². The molecule has 0 aromatic carbocycles. The van der Waals surface area contributed by atoms with Gasteiger partial charge in [-0.05, 0) is 49.8 Å². The zero-order valence-electron chi connectivity index (χ0n) is 9.46. The summed E-state index contributed by atoms with van der Waals surface area (Å²) in [7, 11) is 0. The lowest BCUT2D eigenvalue weighted by Crippen LogP contribution is -2.41. The first-order valence-electron chi connectivity index (χ1n) is 6.12. The maximum Gasteiger partial charge on any atom is 0.0184 e. The number of nitrogens with one attached hydrogen (secondary N) is 1. The summed E-state index contributed by atoms with van der Waals surface area (Å²) in [5.41, 5.74) is 0. The molecule has 1 aliphatic heterocycles. The van der Waals surface area contributed by atoms with E-state index in [1.165, 1.54) is 38.0 Å². The van der Waals surface area contributed by atoms with Crippen molar-refractivity contribution in [2.75, 3.05) is 12.3 Å². The number of hydrogen-bond donors (Lipinski definition) is 1. The Kier molecular flexibility index (Phi) is 3.78. The summed E-state index contributed by atoms with van der Waals surface area (Å²) in [5, 5.41) is 4.60. The molecule has 14 heavy (non-hydrogen) atoms. The van der Waals surface area contributed by atoms with Crippen LogP contribution < -0.4 is 5.32 Å². The van der Waals surface area contributed by atoms with E-state index in [9.17, 15) is 0 Å². The lowest BCUT2D eigenvalue weighted by Gasteiger charge is -2.30. The molecule has 1 saturated carbocycles. The molecule has 2 rings (SSSR count). The molecule has 1 saturated heterocycles. The van der Waals surface area contributed by atoms with Crippen LogP contribution in [-0.4, -0.2) is 23.6 Å². The molecule has 2 aliphatic rings. The minimum Gasteiger partial charge on any atom is -0.313 e. The molecule has 2 heteroatoms. The largest absolute Gasteiger partial charge is 0.313 e. The van der Waals surface area contributed by atoms with Gasteiger partial charge in [-0.3, -0.25) is 0 Å². The Morgan fingerprint density at radius 2 is 2.14 bits per heavy atom. The third-order valence-electron chi connectivity index (χ3n) is 3.74. The van der Waals surface area contributed by atoms with Crippen LogP contribution in [0.25, 0.3) is 0 Å². The van der Waals surface area contributed by atoms with E-state index in [2.05, 4.69) is 30.9 Å². The third-order valence-corrected chi connectivity index (χ3v) is 5.11. The van der Waals surface area contributed by atoms with Gasteiger partial charge < -0.3 is 5.32 Å². The molecule has 1 aliphatic carbocycles. The zero-order valence-corrected chi connectivity index (χ0v) is 10.3. The fourth-order valence-corrected chi connectivity index (χ4v) is 3.53. The van der Waals surface area contributed by atoms with Crippen LogP contribution in [0.4, 0.5) is 0 Å². The molecule has 82 valence electrons. The van der Waals surface area contributed by atoms with Gasteiger partial charge in [-0.25, -0.2) is 0 Å². The molecule has 0 bridgehead atoms. The Hall–Kier alpha value is 0.310. The SMILES string of the molecule is CC(CNC1CCCSC1C)C1CC1. The molecule has 1 heterocycles. The topological polar surface area (TPSA) is 12.0 Å². The van der Waals surface area contributed by atoms with Gasteiger partial charge in [0.1, 0.15) is 0 Å². The maximum atomic E-state index is 3.77. The minimum absolute atomic E-state index is 0.787. The van der Waals surface area contributed by atoms with Crippen LogP contribution in [0.2, 0.25) is 0 Å². The highest BCUT2D eigenvalue weighted by Crippen LogP contribution is 2.36. The van der Waals surface area contributed by atoms with Crippen LogP contribution >= 0.6 is 11.8 Å². The molecule has 0 radical (unpaired) electrons. The predicted octanol–water partition coefficient (Wildman–Crippen LogP) is 2.91. The van der Waals surface area contributed by atoms with Crippen molar-refractivity contribution in [1.82, 2.24) is 5.32 Å². The Bertz CT molecular complexity index is 179. The van der Waals surface area contributed by atoms with Gasteiger partial charge in [-0.1, -0.05) is 13.8 Å². The molecule has 0 aromatic heterocycles. The second-order valence-electron chi connectivity index (χ2n) is 5.05. The highest BCUT2D eigenvalue weighted by Gasteiger charge is 2.29. The average Bonchev–Trinajstić information content (AvgIpc) is 2.99. The fraction of sp³-hybridized carbons (Fsp3) is 1.00. The molecule has 1 nitrogen and oxygen atoms in total. The molecule has 0 amide bonds. The van der Waals surface area contributed by atoms with Crippen molar-refractivity contribution in [3.8, 4) is 0 Å². The Labute approximate surface area is 92.4 Å². The first-order valence-corrected chi connectivity index (χ1v) is 7.17. The van der Waals surface area contributed by atoms with Gasteiger partial charge in [0.2, 0.25) is 0 Å². The van der Waals surface area contributed by atoms with Crippen molar-refractivity contribution in [1.29, 1.82) is 0 Å². The van der Waals surface area contributed by atoms with Crippen molar-refractivity contribution in [2.24, 2.45) is 11.8 Å². The van der Waals surface area contributed by atoms with E-state index >= 15 is 0 Å². The van der Waals surface area contributed by atoms with Gasteiger partial charge >= 0.3 is 0 Å². The van der Waals surface area contributed by atoms with Gasteiger partial charge in [0.25, 0.3) is 0 Å². The van der Waals surface area contributed by atoms with E-state index in [1.54, 1.807) is 0 Å². The lowest BCUT2D eigenvalue weighted by atomic mass is 10.0. The van der Waals surface area contributed by atoms with Gasteiger partial charge in [0, 0.05) is 11.3 Å². The van der Waals surface area contributed by atoms with Gasteiger partial charge in [-0.2, -0.15) is 11.8 Å². The van der Waals surface area contributed by atoms with Gasteiger partial charge in [0.15, 0.2) is 0 Å². The number of rotatable bonds is 4. The van der Waals surface area contributed by atoms with E-state index in [4.69, 9.17) is 0 Å². The van der Waals surface area contributed by atoms with Crippen LogP contribution in [0, 0.1) is 11.8 Å². The summed E-state index contributed by atoms with van der Waals surface area (Å²) in [6, 6.07) is 0.787. The smallest absolute Gasteiger partial charge is 0.0184 e. The average molecular weight is 213 g/mol. The molecule has 3 atom stereocenters. The van der Waals surface area contributed by atoms with Crippen LogP contribution in [0.3, 0.4) is 0 Å². The first kappa shape index (κ1) is 10.8. The molecular formula is C12H23NS. The summed E-state index contributed by atoms with van der Waals surface area (Å²) in [6.45, 7) is 6.04. The highest BCUT2D eigenvalue weighted by atomic mass is 32.2. The quantitative estimate of drug-likeness (QED) is 0.770. The van der Waals surface area contributed by atoms with E-state index in [-0.39, 0.29) is 0 Å². The molecule has 0 aromatic rings. The fourth-order valence-electron chi connectivity index (χ4n) is 2.36. The first-order chi connectivity index (χ1) is 6.77. The molecule has 0 spiro atoms. The molecule has 2 fully saturated rings. The highest BCUT2D eigenvalue weighted by molar-refractivity contribution is 7.99. The Balaban J connectivity index is 1.67. The second-order valence-corrected chi connectivity index (χ2v) is 6.53. The van der Waals surface area contributed by atoms with Crippen molar-refractivity contribution in [2.45, 2.75) is 50.8 Å². The molecule has 1 N–H and O–H groups in total. The summed E-state index contributed by atoms with van der Waals surface area (Å²) in [6.07, 6.45) is 5.77. The summed E-state index contributed by atoms with van der Waals surface area (Å²) < 4.78 is 0. The van der Waals surface area contributed by atoms with Crippen LogP contribution in [-0.2, 0) is 0 Å². The summed E-state index contributed by atoms with van der Waals surface area (Å²) in [5.74, 6) is 3.33. The van der Waals surface area contributed by atoms with Gasteiger partial charge in [0.05, 0.1) is 0 Å². The zero-order chi connectivity index (χ0) is 9.97. The van der Waals surface area contributed by atoms with E-state index in [1.807, 2.05) is 0 Å². The minimum atomic E-state index is 0.787.